The Balaban J connectivity index is 1.76. The molecular formula is C21H20N4O5. The molecule has 9 heteroatoms. The van der Waals surface area contributed by atoms with E-state index in [4.69, 9.17) is 4.74 Å². The van der Waals surface area contributed by atoms with Crippen LogP contribution in [0.4, 0.5) is 11.4 Å². The first-order valence-electron chi connectivity index (χ1n) is 9.16. The molecule has 0 unspecified atom stereocenters. The van der Waals surface area contributed by atoms with Crippen LogP contribution in [-0.4, -0.2) is 32.7 Å². The number of nitro groups is 1. The fraction of sp³-hybridized carbons (Fsp3) is 0.190. The molecule has 0 saturated heterocycles. The van der Waals surface area contributed by atoms with Crippen molar-refractivity contribution >= 4 is 23.3 Å². The van der Waals surface area contributed by atoms with Crippen LogP contribution in [0, 0.1) is 24.0 Å². The lowest BCUT2D eigenvalue weighted by Crippen LogP contribution is -2.30. The lowest BCUT2D eigenvalue weighted by molar-refractivity contribution is -0.383. The molecule has 3 rings (SSSR count). The maximum atomic E-state index is 12.7. The predicted octanol–water partition coefficient (Wildman–Crippen LogP) is 3.58. The molecule has 1 aromatic heterocycles. The fourth-order valence-corrected chi connectivity index (χ4v) is 3.00. The van der Waals surface area contributed by atoms with Crippen LogP contribution >= 0.6 is 0 Å². The molecule has 1 atom stereocenters. The highest BCUT2D eigenvalue weighted by molar-refractivity contribution is 5.99. The number of carbonyl (C=O) groups is 2. The van der Waals surface area contributed by atoms with Crippen molar-refractivity contribution in [2.75, 3.05) is 5.32 Å². The zero-order chi connectivity index (χ0) is 21.8. The number of amides is 1. The standard InChI is InChI=1S/C21H20N4O5/c1-13-19(14(2)24(23-13)16-9-5-4-6-10-16)21(27)30-15(3)20(26)22-17-11-7-8-12-18(17)25(28)29/h4-12,15H,1-3H3,(H,22,26)/t15-/m1/s1. The van der Waals surface area contributed by atoms with Crippen LogP contribution in [0.3, 0.4) is 0 Å². The Morgan fingerprint density at radius 1 is 1.10 bits per heavy atom. The summed E-state index contributed by atoms with van der Waals surface area (Å²) >= 11 is 0. The minimum atomic E-state index is -1.17. The van der Waals surface area contributed by atoms with Crippen molar-refractivity contribution in [2.24, 2.45) is 0 Å². The van der Waals surface area contributed by atoms with Crippen LogP contribution in [0.2, 0.25) is 0 Å². The van der Waals surface area contributed by atoms with Crippen molar-refractivity contribution in [2.45, 2.75) is 26.9 Å². The zero-order valence-electron chi connectivity index (χ0n) is 16.7. The summed E-state index contributed by atoms with van der Waals surface area (Å²) in [6.07, 6.45) is -1.17. The van der Waals surface area contributed by atoms with Crippen molar-refractivity contribution in [1.82, 2.24) is 9.78 Å². The third-order valence-electron chi connectivity index (χ3n) is 4.51. The van der Waals surface area contributed by atoms with Gasteiger partial charge in [-0.3, -0.25) is 14.9 Å². The van der Waals surface area contributed by atoms with E-state index in [1.54, 1.807) is 24.6 Å². The number of hydrogen-bond donors (Lipinski definition) is 1. The molecule has 30 heavy (non-hydrogen) atoms. The second-order valence-electron chi connectivity index (χ2n) is 6.60. The Morgan fingerprint density at radius 3 is 2.40 bits per heavy atom. The molecule has 0 aliphatic carbocycles. The molecule has 0 bridgehead atoms. The van der Waals surface area contributed by atoms with Crippen molar-refractivity contribution < 1.29 is 19.2 Å². The molecule has 0 radical (unpaired) electrons. The summed E-state index contributed by atoms with van der Waals surface area (Å²) < 4.78 is 6.94. The number of carbonyl (C=O) groups excluding carboxylic acids is 2. The van der Waals surface area contributed by atoms with Gasteiger partial charge in [0.25, 0.3) is 11.6 Å². The monoisotopic (exact) mass is 408 g/mol. The molecule has 1 amide bonds. The fourth-order valence-electron chi connectivity index (χ4n) is 3.00. The van der Waals surface area contributed by atoms with Crippen molar-refractivity contribution in [1.29, 1.82) is 0 Å². The molecule has 1 N–H and O–H groups in total. The van der Waals surface area contributed by atoms with Gasteiger partial charge in [0.05, 0.1) is 22.0 Å². The van der Waals surface area contributed by atoms with Crippen LogP contribution in [0.25, 0.3) is 5.69 Å². The topological polar surface area (TPSA) is 116 Å². The first kappa shape index (κ1) is 20.7. The molecule has 3 aromatic rings. The van der Waals surface area contributed by atoms with E-state index in [0.29, 0.717) is 11.4 Å². The number of rotatable bonds is 6. The van der Waals surface area contributed by atoms with E-state index in [-0.39, 0.29) is 16.9 Å². The Labute approximate surface area is 172 Å². The van der Waals surface area contributed by atoms with Crippen LogP contribution < -0.4 is 5.32 Å². The number of para-hydroxylation sites is 3. The van der Waals surface area contributed by atoms with E-state index in [9.17, 15) is 19.7 Å². The number of esters is 1. The van der Waals surface area contributed by atoms with E-state index >= 15 is 0 Å². The molecule has 1 heterocycles. The smallest absolute Gasteiger partial charge is 0.342 e. The average Bonchev–Trinajstić information content (AvgIpc) is 3.02. The van der Waals surface area contributed by atoms with Gasteiger partial charge >= 0.3 is 5.97 Å². The first-order chi connectivity index (χ1) is 14.3. The van der Waals surface area contributed by atoms with Gasteiger partial charge in [-0.1, -0.05) is 30.3 Å². The van der Waals surface area contributed by atoms with Gasteiger partial charge in [0.15, 0.2) is 6.10 Å². The molecule has 0 aliphatic rings. The summed E-state index contributed by atoms with van der Waals surface area (Å²) in [5, 5.41) is 17.9. The Kier molecular flexibility index (Phi) is 5.91. The van der Waals surface area contributed by atoms with E-state index < -0.39 is 22.9 Å². The van der Waals surface area contributed by atoms with Crippen LogP contribution in [0.1, 0.15) is 28.7 Å². The minimum Gasteiger partial charge on any atom is -0.449 e. The summed E-state index contributed by atoms with van der Waals surface area (Å²) in [6.45, 7) is 4.82. The summed E-state index contributed by atoms with van der Waals surface area (Å²) in [4.78, 5) is 35.6. The third kappa shape index (κ3) is 4.19. The number of aryl methyl sites for hydroxylation is 1. The second-order valence-corrected chi connectivity index (χ2v) is 6.60. The minimum absolute atomic E-state index is 0.0275. The average molecular weight is 408 g/mol. The van der Waals surface area contributed by atoms with Crippen LogP contribution in [-0.2, 0) is 9.53 Å². The molecule has 9 nitrogen and oxygen atoms in total. The quantitative estimate of drug-likeness (QED) is 0.379. The van der Waals surface area contributed by atoms with E-state index in [1.165, 1.54) is 25.1 Å². The molecular weight excluding hydrogens is 388 g/mol. The number of nitrogens with one attached hydrogen (secondary N) is 1. The number of nitro benzene ring substituents is 1. The number of nitrogens with zero attached hydrogens (tertiary/aromatic N) is 3. The molecule has 2 aromatic carbocycles. The lowest BCUT2D eigenvalue weighted by atomic mass is 10.2. The van der Waals surface area contributed by atoms with Crippen molar-refractivity contribution in [3.63, 3.8) is 0 Å². The second kappa shape index (κ2) is 8.56. The SMILES string of the molecule is Cc1nn(-c2ccccc2)c(C)c1C(=O)O[C@H](C)C(=O)Nc1ccccc1[N+](=O)[O-]. The summed E-state index contributed by atoms with van der Waals surface area (Å²) in [7, 11) is 0. The molecule has 0 spiro atoms. The third-order valence-corrected chi connectivity index (χ3v) is 4.51. The lowest BCUT2D eigenvalue weighted by Gasteiger charge is -2.14. The van der Waals surface area contributed by atoms with Crippen molar-refractivity contribution in [3.05, 3.63) is 81.7 Å². The van der Waals surface area contributed by atoms with Gasteiger partial charge < -0.3 is 10.1 Å². The maximum Gasteiger partial charge on any atom is 0.342 e. The number of ether oxygens (including phenoxy) is 1. The van der Waals surface area contributed by atoms with Gasteiger partial charge in [0.2, 0.25) is 0 Å². The Hall–Kier alpha value is -4.01. The van der Waals surface area contributed by atoms with E-state index in [0.717, 1.165) is 5.69 Å². The highest BCUT2D eigenvalue weighted by Crippen LogP contribution is 2.24. The van der Waals surface area contributed by atoms with Crippen LogP contribution in [0.15, 0.2) is 54.6 Å². The summed E-state index contributed by atoms with van der Waals surface area (Å²) in [5.41, 5.74) is 1.88. The number of hydrogen-bond acceptors (Lipinski definition) is 6. The van der Waals surface area contributed by atoms with Gasteiger partial charge in [-0.05, 0) is 39.0 Å². The van der Waals surface area contributed by atoms with Gasteiger partial charge in [-0.15, -0.1) is 0 Å². The van der Waals surface area contributed by atoms with Crippen LogP contribution in [0.5, 0.6) is 0 Å². The number of benzene rings is 2. The zero-order valence-corrected chi connectivity index (χ0v) is 16.7. The highest BCUT2D eigenvalue weighted by atomic mass is 16.6. The highest BCUT2D eigenvalue weighted by Gasteiger charge is 2.26. The normalized spacial score (nSPS) is 11.6. The number of aromatic nitrogens is 2. The largest absolute Gasteiger partial charge is 0.449 e. The molecule has 0 saturated carbocycles. The van der Waals surface area contributed by atoms with Gasteiger partial charge in [0, 0.05) is 6.07 Å². The van der Waals surface area contributed by atoms with Gasteiger partial charge in [-0.25, -0.2) is 9.48 Å². The van der Waals surface area contributed by atoms with Gasteiger partial charge in [-0.2, -0.15) is 5.10 Å². The molecule has 154 valence electrons. The Bertz CT molecular complexity index is 1110. The molecule has 0 fully saturated rings. The van der Waals surface area contributed by atoms with E-state index in [1.807, 2.05) is 30.3 Å². The van der Waals surface area contributed by atoms with Gasteiger partial charge in [0.1, 0.15) is 11.3 Å². The molecule has 0 aliphatic heterocycles. The Morgan fingerprint density at radius 2 is 1.73 bits per heavy atom. The number of anilines is 1. The predicted molar refractivity (Wildman–Crippen MR) is 110 cm³/mol. The first-order valence-corrected chi connectivity index (χ1v) is 9.16. The van der Waals surface area contributed by atoms with E-state index in [2.05, 4.69) is 10.4 Å². The maximum absolute atomic E-state index is 12.7. The summed E-state index contributed by atoms with van der Waals surface area (Å²) in [6, 6.07) is 15.0. The summed E-state index contributed by atoms with van der Waals surface area (Å²) in [5.74, 6) is -1.37. The van der Waals surface area contributed by atoms with Crippen molar-refractivity contribution in [3.8, 4) is 5.69 Å².